The minimum Gasteiger partial charge on any atom is -0.463 e. The molecule has 0 radical (unpaired) electrons. The molecule has 0 bridgehead atoms. The molecule has 0 aromatic heterocycles. The van der Waals surface area contributed by atoms with Crippen LogP contribution in [0.5, 0.6) is 0 Å². The summed E-state index contributed by atoms with van der Waals surface area (Å²) in [4.78, 5) is 37.7. The van der Waals surface area contributed by atoms with Gasteiger partial charge in [0.05, 0.1) is 23.5 Å². The van der Waals surface area contributed by atoms with Crippen molar-refractivity contribution in [2.45, 2.75) is 31.4 Å². The van der Waals surface area contributed by atoms with E-state index in [-0.39, 0.29) is 18.6 Å². The van der Waals surface area contributed by atoms with Gasteiger partial charge in [-0.1, -0.05) is 0 Å². The third-order valence-corrected chi connectivity index (χ3v) is 4.49. The summed E-state index contributed by atoms with van der Waals surface area (Å²) < 4.78 is 9.95. The Kier molecular flexibility index (Phi) is 3.21. The fourth-order valence-electron chi connectivity index (χ4n) is 3.34. The fourth-order valence-corrected chi connectivity index (χ4v) is 3.34. The van der Waals surface area contributed by atoms with Crippen LogP contribution in [0.3, 0.4) is 0 Å². The number of ether oxygens (including phenoxy) is 2. The lowest BCUT2D eigenvalue weighted by Gasteiger charge is -2.33. The van der Waals surface area contributed by atoms with Gasteiger partial charge in [-0.2, -0.15) is 0 Å². The Balaban J connectivity index is 1.57. The zero-order valence-corrected chi connectivity index (χ0v) is 12.4. The average Bonchev–Trinajstić information content (AvgIpc) is 3.17. The molecule has 0 spiro atoms. The third-order valence-electron chi connectivity index (χ3n) is 4.49. The number of nitrogens with one attached hydrogen (secondary N) is 1. The zero-order chi connectivity index (χ0) is 16.0. The molecule has 1 aromatic carbocycles. The van der Waals surface area contributed by atoms with Gasteiger partial charge in [-0.05, 0) is 31.0 Å². The second-order valence-electron chi connectivity index (χ2n) is 5.92. The highest BCUT2D eigenvalue weighted by Gasteiger charge is 2.37. The van der Waals surface area contributed by atoms with E-state index in [4.69, 9.17) is 9.47 Å². The predicted octanol–water partition coefficient (Wildman–Crippen LogP) is 1.08. The molecule has 3 heterocycles. The molecule has 3 aliphatic heterocycles. The summed E-state index contributed by atoms with van der Waals surface area (Å²) >= 11 is 0. The molecule has 2 atom stereocenters. The molecule has 2 fully saturated rings. The summed E-state index contributed by atoms with van der Waals surface area (Å²) in [6, 6.07) is 4.96. The summed E-state index contributed by atoms with van der Waals surface area (Å²) in [5.41, 5.74) is 1.84. The fraction of sp³-hybridized carbons (Fsp3) is 0.438. The van der Waals surface area contributed by atoms with Crippen molar-refractivity contribution in [3.05, 3.63) is 23.8 Å². The smallest absolute Gasteiger partial charge is 0.347 e. The van der Waals surface area contributed by atoms with Crippen molar-refractivity contribution >= 4 is 29.2 Å². The largest absolute Gasteiger partial charge is 0.463 e. The first kappa shape index (κ1) is 14.0. The van der Waals surface area contributed by atoms with Gasteiger partial charge >= 0.3 is 11.9 Å². The lowest BCUT2D eigenvalue weighted by molar-refractivity contribution is -0.145. The first-order valence-electron chi connectivity index (χ1n) is 7.72. The van der Waals surface area contributed by atoms with Crippen LogP contribution in [0, 0.1) is 0 Å². The van der Waals surface area contributed by atoms with Crippen molar-refractivity contribution in [2.24, 2.45) is 0 Å². The molecule has 0 aliphatic carbocycles. The first-order valence-corrected chi connectivity index (χ1v) is 7.72. The number of carbonyl (C=O) groups excluding carboxylic acids is 3. The van der Waals surface area contributed by atoms with E-state index >= 15 is 0 Å². The van der Waals surface area contributed by atoms with E-state index in [2.05, 4.69) is 10.2 Å². The van der Waals surface area contributed by atoms with E-state index in [9.17, 15) is 14.4 Å². The van der Waals surface area contributed by atoms with Crippen LogP contribution >= 0.6 is 0 Å². The zero-order valence-electron chi connectivity index (χ0n) is 12.4. The maximum atomic E-state index is 12.2. The van der Waals surface area contributed by atoms with Crippen LogP contribution in [-0.4, -0.2) is 43.1 Å². The molecule has 3 aliphatic rings. The third kappa shape index (κ3) is 2.32. The van der Waals surface area contributed by atoms with Gasteiger partial charge in [0.1, 0.15) is 6.04 Å². The highest BCUT2D eigenvalue weighted by atomic mass is 16.6. The molecule has 0 saturated carbocycles. The Morgan fingerprint density at radius 2 is 2.17 bits per heavy atom. The molecule has 1 N–H and O–H groups in total. The number of hydrogen-bond donors (Lipinski definition) is 1. The number of esters is 2. The lowest BCUT2D eigenvalue weighted by atomic mass is 10.1. The van der Waals surface area contributed by atoms with E-state index in [0.717, 1.165) is 25.1 Å². The molecule has 0 unspecified atom stereocenters. The highest BCUT2D eigenvalue weighted by Crippen LogP contribution is 2.37. The van der Waals surface area contributed by atoms with Gasteiger partial charge in [-0.15, -0.1) is 0 Å². The SMILES string of the molecule is O=C(O[C@H]1CCOC1=O)c1ccc2c(c1)NC(=O)[C@@H]1CCCN21. The maximum absolute atomic E-state index is 12.2. The van der Waals surface area contributed by atoms with E-state index in [1.165, 1.54) is 0 Å². The van der Waals surface area contributed by atoms with Crippen molar-refractivity contribution in [3.8, 4) is 0 Å². The van der Waals surface area contributed by atoms with Crippen molar-refractivity contribution in [2.75, 3.05) is 23.4 Å². The van der Waals surface area contributed by atoms with Gasteiger partial charge < -0.3 is 19.7 Å². The summed E-state index contributed by atoms with van der Waals surface area (Å²) in [6.07, 6.45) is 1.36. The van der Waals surface area contributed by atoms with E-state index in [1.807, 2.05) is 6.07 Å². The van der Waals surface area contributed by atoms with Crippen LogP contribution in [0.2, 0.25) is 0 Å². The standard InChI is InChI=1S/C16H16N2O5/c19-14-12-2-1-6-18(12)11-4-3-9(8-10(11)17-14)15(20)23-13-5-7-22-16(13)21/h3-4,8,12-13H,1-2,5-7H2,(H,17,19)/t12-,13-/m0/s1. The Morgan fingerprint density at radius 1 is 1.30 bits per heavy atom. The van der Waals surface area contributed by atoms with E-state index in [0.29, 0.717) is 17.7 Å². The summed E-state index contributed by atoms with van der Waals surface area (Å²) in [6.45, 7) is 1.11. The number of nitrogens with zero attached hydrogens (tertiary/aromatic N) is 1. The summed E-state index contributed by atoms with van der Waals surface area (Å²) in [7, 11) is 0. The molecule has 2 saturated heterocycles. The number of hydrogen-bond acceptors (Lipinski definition) is 6. The first-order chi connectivity index (χ1) is 11.1. The quantitative estimate of drug-likeness (QED) is 0.822. The molecular formula is C16H16N2O5. The monoisotopic (exact) mass is 316 g/mol. The van der Waals surface area contributed by atoms with E-state index < -0.39 is 18.0 Å². The second-order valence-corrected chi connectivity index (χ2v) is 5.92. The van der Waals surface area contributed by atoms with Gasteiger partial charge in [0.2, 0.25) is 12.0 Å². The molecule has 7 nitrogen and oxygen atoms in total. The minimum absolute atomic E-state index is 0.0418. The van der Waals surface area contributed by atoms with Crippen LogP contribution in [0.4, 0.5) is 11.4 Å². The van der Waals surface area contributed by atoms with Crippen LogP contribution in [0.1, 0.15) is 29.6 Å². The molecule has 120 valence electrons. The Morgan fingerprint density at radius 3 is 2.96 bits per heavy atom. The Hall–Kier alpha value is -2.57. The van der Waals surface area contributed by atoms with Gasteiger partial charge in [-0.25, -0.2) is 9.59 Å². The second kappa shape index (κ2) is 5.26. The van der Waals surface area contributed by atoms with Gasteiger partial charge in [-0.3, -0.25) is 4.79 Å². The van der Waals surface area contributed by atoms with Crippen molar-refractivity contribution in [1.29, 1.82) is 0 Å². The number of amides is 1. The number of benzene rings is 1. The maximum Gasteiger partial charge on any atom is 0.347 e. The molecule has 7 heteroatoms. The molecule has 23 heavy (non-hydrogen) atoms. The van der Waals surface area contributed by atoms with Crippen molar-refractivity contribution in [1.82, 2.24) is 0 Å². The van der Waals surface area contributed by atoms with E-state index in [1.54, 1.807) is 12.1 Å². The normalized spacial score (nSPS) is 25.5. The Bertz CT molecular complexity index is 702. The van der Waals surface area contributed by atoms with Crippen molar-refractivity contribution in [3.63, 3.8) is 0 Å². The van der Waals surface area contributed by atoms with Gasteiger partial charge in [0.15, 0.2) is 0 Å². The number of rotatable bonds is 2. The summed E-state index contributed by atoms with van der Waals surface area (Å²) in [5, 5.41) is 2.85. The number of carbonyl (C=O) groups is 3. The molecule has 1 aromatic rings. The number of fused-ring (bicyclic) bond motifs is 3. The average molecular weight is 316 g/mol. The molecular weight excluding hydrogens is 300 g/mol. The lowest BCUT2D eigenvalue weighted by Crippen LogP contribution is -2.43. The molecule has 4 rings (SSSR count). The van der Waals surface area contributed by atoms with Crippen LogP contribution in [-0.2, 0) is 19.1 Å². The van der Waals surface area contributed by atoms with Crippen molar-refractivity contribution < 1.29 is 23.9 Å². The van der Waals surface area contributed by atoms with Gasteiger partial charge in [0, 0.05) is 13.0 Å². The Labute approximate surface area is 132 Å². The predicted molar refractivity (Wildman–Crippen MR) is 80.2 cm³/mol. The highest BCUT2D eigenvalue weighted by molar-refractivity contribution is 6.05. The summed E-state index contributed by atoms with van der Waals surface area (Å²) in [5.74, 6) is -1.14. The minimum atomic E-state index is -0.837. The number of anilines is 2. The van der Waals surface area contributed by atoms with Gasteiger partial charge in [0.25, 0.3) is 0 Å². The van der Waals surface area contributed by atoms with Crippen LogP contribution < -0.4 is 10.2 Å². The topological polar surface area (TPSA) is 84.9 Å². The molecule has 1 amide bonds. The van der Waals surface area contributed by atoms with Crippen LogP contribution in [0.15, 0.2) is 18.2 Å². The van der Waals surface area contributed by atoms with Crippen LogP contribution in [0.25, 0.3) is 0 Å². The number of cyclic esters (lactones) is 1.